The van der Waals surface area contributed by atoms with Crippen molar-refractivity contribution in [3.63, 3.8) is 0 Å². The summed E-state index contributed by atoms with van der Waals surface area (Å²) in [7, 11) is 0. The molecule has 6 nitrogen and oxygen atoms in total. The molecule has 1 saturated heterocycles. The molecule has 2 atom stereocenters. The van der Waals surface area contributed by atoms with Gasteiger partial charge in [0.2, 0.25) is 0 Å². The minimum atomic E-state index is 0. The van der Waals surface area contributed by atoms with Crippen molar-refractivity contribution < 1.29 is 9.84 Å². The van der Waals surface area contributed by atoms with Gasteiger partial charge < -0.3 is 20.5 Å². The monoisotopic (exact) mass is 544 g/mol. The van der Waals surface area contributed by atoms with Gasteiger partial charge in [0.05, 0.1) is 25.3 Å². The lowest BCUT2D eigenvalue weighted by Gasteiger charge is -2.36. The van der Waals surface area contributed by atoms with Crippen molar-refractivity contribution in [3.05, 3.63) is 52.2 Å². The van der Waals surface area contributed by atoms with Crippen LogP contribution in [-0.2, 0) is 11.2 Å². The Morgan fingerprint density at radius 3 is 2.90 bits per heavy atom. The standard InChI is InChI=1S/C22H32N4O2S.HI/c1-3-23-22(24-10-9-18-6-4-7-19(27)14-18)25-15-20(21-8-5-13-29-21)26-11-12-28-17(2)16-26;/h4-8,13-14,17,20,27H,3,9-12,15-16H2,1-2H3,(H2,23,24,25);1H. The highest BCUT2D eigenvalue weighted by Crippen LogP contribution is 2.27. The number of aromatic hydroxyl groups is 1. The van der Waals surface area contributed by atoms with Crippen molar-refractivity contribution >= 4 is 41.3 Å². The number of nitrogens with zero attached hydrogens (tertiary/aromatic N) is 2. The number of ether oxygens (including phenoxy) is 1. The zero-order valence-electron chi connectivity index (χ0n) is 17.7. The molecule has 1 fully saturated rings. The first-order valence-corrected chi connectivity index (χ1v) is 11.2. The van der Waals surface area contributed by atoms with E-state index in [0.717, 1.165) is 50.7 Å². The molecule has 0 amide bonds. The summed E-state index contributed by atoms with van der Waals surface area (Å²) in [6.07, 6.45) is 1.08. The van der Waals surface area contributed by atoms with E-state index in [4.69, 9.17) is 9.73 Å². The molecule has 2 heterocycles. The van der Waals surface area contributed by atoms with Crippen molar-refractivity contribution in [1.29, 1.82) is 0 Å². The van der Waals surface area contributed by atoms with E-state index >= 15 is 0 Å². The van der Waals surface area contributed by atoms with Gasteiger partial charge in [-0.05, 0) is 49.4 Å². The summed E-state index contributed by atoms with van der Waals surface area (Å²) in [5.41, 5.74) is 1.10. The quantitative estimate of drug-likeness (QED) is 0.269. The summed E-state index contributed by atoms with van der Waals surface area (Å²) >= 11 is 1.79. The van der Waals surface area contributed by atoms with Crippen LogP contribution in [0.2, 0.25) is 0 Å². The summed E-state index contributed by atoms with van der Waals surface area (Å²) in [4.78, 5) is 8.72. The fourth-order valence-electron chi connectivity index (χ4n) is 3.55. The third-order valence-corrected chi connectivity index (χ3v) is 5.94. The highest BCUT2D eigenvalue weighted by atomic mass is 127. The Kier molecular flexibility index (Phi) is 10.9. The first kappa shape index (κ1) is 24.9. The van der Waals surface area contributed by atoms with E-state index in [1.165, 1.54) is 4.88 Å². The molecule has 1 aromatic carbocycles. The minimum Gasteiger partial charge on any atom is -0.508 e. The number of hydrogen-bond donors (Lipinski definition) is 3. The highest BCUT2D eigenvalue weighted by molar-refractivity contribution is 14.0. The highest BCUT2D eigenvalue weighted by Gasteiger charge is 2.26. The van der Waals surface area contributed by atoms with Crippen LogP contribution < -0.4 is 10.6 Å². The van der Waals surface area contributed by atoms with Crippen molar-refractivity contribution in [2.24, 2.45) is 4.99 Å². The van der Waals surface area contributed by atoms with Crippen molar-refractivity contribution in [3.8, 4) is 5.75 Å². The topological polar surface area (TPSA) is 69.1 Å². The molecule has 1 aliphatic heterocycles. The number of guanidine groups is 1. The Bertz CT molecular complexity index is 772. The summed E-state index contributed by atoms with van der Waals surface area (Å²) in [6, 6.07) is 12.0. The zero-order valence-corrected chi connectivity index (χ0v) is 20.9. The van der Waals surface area contributed by atoms with E-state index in [2.05, 4.69) is 46.9 Å². The van der Waals surface area contributed by atoms with Gasteiger partial charge in [-0.25, -0.2) is 0 Å². The molecule has 0 spiro atoms. The predicted octanol–water partition coefficient (Wildman–Crippen LogP) is 3.63. The Morgan fingerprint density at radius 2 is 2.20 bits per heavy atom. The van der Waals surface area contributed by atoms with Crippen LogP contribution in [0.4, 0.5) is 0 Å². The fraction of sp³-hybridized carbons (Fsp3) is 0.500. The maximum atomic E-state index is 9.61. The molecule has 2 aromatic rings. The number of halogens is 1. The lowest BCUT2D eigenvalue weighted by Crippen LogP contribution is -2.44. The maximum Gasteiger partial charge on any atom is 0.191 e. The second-order valence-electron chi connectivity index (χ2n) is 7.27. The van der Waals surface area contributed by atoms with Crippen LogP contribution in [0.1, 0.15) is 30.3 Å². The summed E-state index contributed by atoms with van der Waals surface area (Å²) < 4.78 is 5.73. The lowest BCUT2D eigenvalue weighted by atomic mass is 10.1. The Labute approximate surface area is 200 Å². The van der Waals surface area contributed by atoms with Crippen molar-refractivity contribution in [1.82, 2.24) is 15.5 Å². The number of hydrogen-bond acceptors (Lipinski definition) is 5. The molecule has 30 heavy (non-hydrogen) atoms. The SMILES string of the molecule is CCNC(=NCC(c1cccs1)N1CCOC(C)C1)NCCc1cccc(O)c1.I. The smallest absolute Gasteiger partial charge is 0.191 e. The average Bonchev–Trinajstić information content (AvgIpc) is 3.23. The third kappa shape index (κ3) is 7.72. The van der Waals surface area contributed by atoms with Crippen LogP contribution in [0, 0.1) is 0 Å². The van der Waals surface area contributed by atoms with Gasteiger partial charge in [-0.1, -0.05) is 18.2 Å². The van der Waals surface area contributed by atoms with Crippen LogP contribution >= 0.6 is 35.3 Å². The van der Waals surface area contributed by atoms with Gasteiger partial charge in [-0.15, -0.1) is 35.3 Å². The first-order chi connectivity index (χ1) is 14.2. The number of nitrogens with one attached hydrogen (secondary N) is 2. The first-order valence-electron chi connectivity index (χ1n) is 10.3. The van der Waals surface area contributed by atoms with Gasteiger partial charge in [0.1, 0.15) is 5.75 Å². The second kappa shape index (κ2) is 13.1. The van der Waals surface area contributed by atoms with E-state index < -0.39 is 0 Å². The number of morpholine rings is 1. The van der Waals surface area contributed by atoms with E-state index in [0.29, 0.717) is 12.3 Å². The molecule has 166 valence electrons. The van der Waals surface area contributed by atoms with E-state index in [1.807, 2.05) is 12.1 Å². The minimum absolute atomic E-state index is 0. The van der Waals surface area contributed by atoms with Crippen molar-refractivity contribution in [2.75, 3.05) is 39.3 Å². The molecule has 2 unspecified atom stereocenters. The van der Waals surface area contributed by atoms with Gasteiger partial charge in [0, 0.05) is 31.1 Å². The van der Waals surface area contributed by atoms with Crippen LogP contribution in [0.3, 0.4) is 0 Å². The predicted molar refractivity (Wildman–Crippen MR) is 135 cm³/mol. The molecular weight excluding hydrogens is 511 g/mol. The lowest BCUT2D eigenvalue weighted by molar-refractivity contribution is -0.0327. The summed E-state index contributed by atoms with van der Waals surface area (Å²) in [5, 5.41) is 18.5. The number of benzene rings is 1. The third-order valence-electron chi connectivity index (χ3n) is 4.97. The number of thiophene rings is 1. The van der Waals surface area contributed by atoms with Crippen molar-refractivity contribution in [2.45, 2.75) is 32.4 Å². The van der Waals surface area contributed by atoms with Crippen LogP contribution in [0.15, 0.2) is 46.8 Å². The second-order valence-corrected chi connectivity index (χ2v) is 8.25. The van der Waals surface area contributed by atoms with Gasteiger partial charge in [-0.2, -0.15) is 0 Å². The Balaban J connectivity index is 0.00000320. The molecule has 0 aliphatic carbocycles. The van der Waals surface area contributed by atoms with Gasteiger partial charge >= 0.3 is 0 Å². The van der Waals surface area contributed by atoms with Gasteiger partial charge in [-0.3, -0.25) is 9.89 Å². The zero-order chi connectivity index (χ0) is 20.5. The molecule has 1 aliphatic rings. The molecule has 3 rings (SSSR count). The number of phenolic OH excluding ortho intramolecular Hbond substituents is 1. The summed E-state index contributed by atoms with van der Waals surface area (Å²) in [6.45, 7) is 9.12. The van der Waals surface area contributed by atoms with Crippen LogP contribution in [0.5, 0.6) is 5.75 Å². The number of phenols is 1. The fourth-order valence-corrected chi connectivity index (χ4v) is 4.40. The molecule has 8 heteroatoms. The van der Waals surface area contributed by atoms with E-state index in [9.17, 15) is 5.11 Å². The normalized spacial score (nSPS) is 18.5. The average molecular weight is 545 g/mol. The summed E-state index contributed by atoms with van der Waals surface area (Å²) in [5.74, 6) is 1.14. The Morgan fingerprint density at radius 1 is 1.33 bits per heavy atom. The molecule has 0 saturated carbocycles. The molecule has 1 aromatic heterocycles. The van der Waals surface area contributed by atoms with Gasteiger partial charge in [0.25, 0.3) is 0 Å². The van der Waals surface area contributed by atoms with Gasteiger partial charge in [0.15, 0.2) is 5.96 Å². The number of rotatable bonds is 8. The van der Waals surface area contributed by atoms with Crippen LogP contribution in [-0.4, -0.2) is 61.4 Å². The molecular formula is C22H33IN4O2S. The molecule has 3 N–H and O–H groups in total. The Hall–Kier alpha value is -1.36. The largest absolute Gasteiger partial charge is 0.508 e. The molecule has 0 radical (unpaired) electrons. The van der Waals surface area contributed by atoms with E-state index in [-0.39, 0.29) is 36.1 Å². The molecule has 0 bridgehead atoms. The maximum absolute atomic E-state index is 9.61. The number of aliphatic imine (C=N–C) groups is 1. The van der Waals surface area contributed by atoms with E-state index in [1.54, 1.807) is 23.5 Å². The van der Waals surface area contributed by atoms with Crippen LogP contribution in [0.25, 0.3) is 0 Å².